The largest absolute Gasteiger partial charge is 0.481 e. The quantitative estimate of drug-likeness (QED) is 0.798. The van der Waals surface area contributed by atoms with Crippen LogP contribution in [0.5, 0.6) is 5.75 Å². The van der Waals surface area contributed by atoms with E-state index in [9.17, 15) is 9.59 Å². The predicted molar refractivity (Wildman–Crippen MR) is 102 cm³/mol. The van der Waals surface area contributed by atoms with E-state index in [2.05, 4.69) is 31.6 Å². The smallest absolute Gasteiger partial charge is 0.279 e. The maximum atomic E-state index is 12.1. The summed E-state index contributed by atoms with van der Waals surface area (Å²) in [5.74, 6) is -0.298. The average Bonchev–Trinajstić information content (AvgIpc) is 2.59. The molecule has 2 N–H and O–H groups in total. The molecular weight excluding hydrogens is 352 g/mol. The molecule has 0 saturated carbocycles. The maximum absolute atomic E-state index is 12.1. The van der Waals surface area contributed by atoms with E-state index in [1.54, 1.807) is 31.2 Å². The molecule has 6 heteroatoms. The topological polar surface area (TPSA) is 67.4 Å². The molecule has 0 bridgehead atoms. The van der Waals surface area contributed by atoms with Crippen LogP contribution in [0.1, 0.15) is 43.6 Å². The van der Waals surface area contributed by atoms with Gasteiger partial charge >= 0.3 is 0 Å². The standard InChI is InChI=1S/C20H23ClN2O3/c1-13(26-17-11-7-15(8-12-17)20(2,3)4)18(24)22-23-19(25)14-5-9-16(21)10-6-14/h5-13H,1-4H3,(H,22,24)(H,23,25). The van der Waals surface area contributed by atoms with E-state index in [1.807, 2.05) is 24.3 Å². The van der Waals surface area contributed by atoms with Crippen LogP contribution in [0.25, 0.3) is 0 Å². The van der Waals surface area contributed by atoms with Gasteiger partial charge in [0.1, 0.15) is 5.75 Å². The Bertz CT molecular complexity index is 765. The highest BCUT2D eigenvalue weighted by atomic mass is 35.5. The molecule has 0 aromatic heterocycles. The van der Waals surface area contributed by atoms with Crippen LogP contribution in [0.15, 0.2) is 48.5 Å². The summed E-state index contributed by atoms with van der Waals surface area (Å²) in [4.78, 5) is 24.1. The zero-order valence-electron chi connectivity index (χ0n) is 15.3. The van der Waals surface area contributed by atoms with Gasteiger partial charge in [0.25, 0.3) is 11.8 Å². The summed E-state index contributed by atoms with van der Waals surface area (Å²) in [6.07, 6.45) is -0.763. The van der Waals surface area contributed by atoms with Gasteiger partial charge in [0.05, 0.1) is 0 Å². The molecule has 5 nitrogen and oxygen atoms in total. The zero-order chi connectivity index (χ0) is 19.3. The molecule has 26 heavy (non-hydrogen) atoms. The minimum Gasteiger partial charge on any atom is -0.481 e. The third-order valence-electron chi connectivity index (χ3n) is 3.81. The molecule has 2 amide bonds. The number of halogens is 1. The predicted octanol–water partition coefficient (Wildman–Crippen LogP) is 3.87. The summed E-state index contributed by atoms with van der Waals surface area (Å²) >= 11 is 5.78. The molecule has 0 aliphatic rings. The van der Waals surface area contributed by atoms with Crippen LogP contribution in [0.3, 0.4) is 0 Å². The molecule has 0 heterocycles. The van der Waals surface area contributed by atoms with Crippen LogP contribution in [0.4, 0.5) is 0 Å². The number of nitrogens with one attached hydrogen (secondary N) is 2. The fourth-order valence-corrected chi connectivity index (χ4v) is 2.31. The zero-order valence-corrected chi connectivity index (χ0v) is 16.1. The fourth-order valence-electron chi connectivity index (χ4n) is 2.18. The van der Waals surface area contributed by atoms with Crippen molar-refractivity contribution in [2.24, 2.45) is 0 Å². The number of hydrogen-bond acceptors (Lipinski definition) is 3. The number of carbonyl (C=O) groups excluding carboxylic acids is 2. The molecule has 138 valence electrons. The molecule has 0 radical (unpaired) electrons. The van der Waals surface area contributed by atoms with Gasteiger partial charge in [0.2, 0.25) is 0 Å². The first-order chi connectivity index (χ1) is 12.2. The van der Waals surface area contributed by atoms with Crippen molar-refractivity contribution in [3.63, 3.8) is 0 Å². The Labute approximate surface area is 158 Å². The van der Waals surface area contributed by atoms with Crippen LogP contribution >= 0.6 is 11.6 Å². The number of benzene rings is 2. The molecule has 2 aromatic carbocycles. The molecule has 0 aliphatic heterocycles. The van der Waals surface area contributed by atoms with Crippen molar-refractivity contribution in [3.8, 4) is 5.75 Å². The van der Waals surface area contributed by atoms with Crippen molar-refractivity contribution < 1.29 is 14.3 Å². The van der Waals surface area contributed by atoms with Crippen molar-refractivity contribution in [3.05, 3.63) is 64.7 Å². The van der Waals surface area contributed by atoms with Gasteiger partial charge in [0, 0.05) is 10.6 Å². The van der Waals surface area contributed by atoms with Crippen molar-refractivity contribution >= 4 is 23.4 Å². The minimum atomic E-state index is -0.763. The summed E-state index contributed by atoms with van der Waals surface area (Å²) in [6, 6.07) is 14.0. The number of amides is 2. The average molecular weight is 375 g/mol. The normalized spacial score (nSPS) is 12.2. The maximum Gasteiger partial charge on any atom is 0.279 e. The molecule has 1 unspecified atom stereocenters. The summed E-state index contributed by atoms with van der Waals surface area (Å²) < 4.78 is 5.62. The van der Waals surface area contributed by atoms with Crippen LogP contribution < -0.4 is 15.6 Å². The van der Waals surface area contributed by atoms with E-state index in [0.717, 1.165) is 0 Å². The second-order valence-corrected chi connectivity index (χ2v) is 7.42. The number of hydrazine groups is 1. The van der Waals surface area contributed by atoms with Crippen LogP contribution in [-0.4, -0.2) is 17.9 Å². The summed E-state index contributed by atoms with van der Waals surface area (Å²) in [5, 5.41) is 0.532. The van der Waals surface area contributed by atoms with Crippen LogP contribution in [0.2, 0.25) is 5.02 Å². The van der Waals surface area contributed by atoms with E-state index in [1.165, 1.54) is 5.56 Å². The van der Waals surface area contributed by atoms with E-state index >= 15 is 0 Å². The molecule has 2 aromatic rings. The summed E-state index contributed by atoms with van der Waals surface area (Å²) in [7, 11) is 0. The SMILES string of the molecule is CC(Oc1ccc(C(C)(C)C)cc1)C(=O)NNC(=O)c1ccc(Cl)cc1. The molecule has 2 rings (SSSR count). The molecule has 0 saturated heterocycles. The van der Waals surface area contributed by atoms with Crippen molar-refractivity contribution in [2.45, 2.75) is 39.2 Å². The Morgan fingerprint density at radius 3 is 2.08 bits per heavy atom. The fraction of sp³-hybridized carbons (Fsp3) is 0.300. The van der Waals surface area contributed by atoms with Gasteiger partial charge < -0.3 is 4.74 Å². The Morgan fingerprint density at radius 1 is 0.962 bits per heavy atom. The lowest BCUT2D eigenvalue weighted by Gasteiger charge is -2.20. The number of rotatable bonds is 4. The first kappa shape index (κ1) is 19.8. The van der Waals surface area contributed by atoms with Crippen LogP contribution in [0, 0.1) is 0 Å². The van der Waals surface area contributed by atoms with E-state index in [-0.39, 0.29) is 5.41 Å². The Balaban J connectivity index is 1.87. The number of ether oxygens (including phenoxy) is 1. The van der Waals surface area contributed by atoms with Gasteiger partial charge in [-0.1, -0.05) is 44.5 Å². The second kappa shape index (κ2) is 8.23. The molecule has 0 spiro atoms. The van der Waals surface area contributed by atoms with Gasteiger partial charge in [-0.3, -0.25) is 20.4 Å². The molecule has 0 aliphatic carbocycles. The Morgan fingerprint density at radius 2 is 1.54 bits per heavy atom. The summed E-state index contributed by atoms with van der Waals surface area (Å²) in [5.41, 5.74) is 6.32. The lowest BCUT2D eigenvalue weighted by Crippen LogP contribution is -2.47. The van der Waals surface area contributed by atoms with Gasteiger partial charge in [0.15, 0.2) is 6.10 Å². The Hall–Kier alpha value is -2.53. The van der Waals surface area contributed by atoms with E-state index < -0.39 is 17.9 Å². The molecule has 1 atom stereocenters. The highest BCUT2D eigenvalue weighted by Gasteiger charge is 2.17. The van der Waals surface area contributed by atoms with Crippen molar-refractivity contribution in [1.82, 2.24) is 10.9 Å². The van der Waals surface area contributed by atoms with Crippen LogP contribution in [-0.2, 0) is 10.2 Å². The third kappa shape index (κ3) is 5.49. The summed E-state index contributed by atoms with van der Waals surface area (Å²) in [6.45, 7) is 7.99. The third-order valence-corrected chi connectivity index (χ3v) is 4.06. The minimum absolute atomic E-state index is 0.0491. The molecular formula is C20H23ClN2O3. The van der Waals surface area contributed by atoms with Gasteiger partial charge in [-0.2, -0.15) is 0 Å². The van der Waals surface area contributed by atoms with Gasteiger partial charge in [-0.15, -0.1) is 0 Å². The monoisotopic (exact) mass is 374 g/mol. The lowest BCUT2D eigenvalue weighted by molar-refractivity contribution is -0.128. The highest BCUT2D eigenvalue weighted by Crippen LogP contribution is 2.24. The lowest BCUT2D eigenvalue weighted by atomic mass is 9.87. The number of hydrogen-bond donors (Lipinski definition) is 2. The molecule has 0 fully saturated rings. The van der Waals surface area contributed by atoms with Crippen molar-refractivity contribution in [1.29, 1.82) is 0 Å². The van der Waals surface area contributed by atoms with Gasteiger partial charge in [-0.05, 0) is 54.3 Å². The first-order valence-electron chi connectivity index (χ1n) is 8.30. The highest BCUT2D eigenvalue weighted by molar-refractivity contribution is 6.30. The van der Waals surface area contributed by atoms with Crippen molar-refractivity contribution in [2.75, 3.05) is 0 Å². The van der Waals surface area contributed by atoms with Gasteiger partial charge in [-0.25, -0.2) is 0 Å². The van der Waals surface area contributed by atoms with E-state index in [4.69, 9.17) is 16.3 Å². The Kier molecular flexibility index (Phi) is 6.27. The second-order valence-electron chi connectivity index (χ2n) is 6.98. The van der Waals surface area contributed by atoms with E-state index in [0.29, 0.717) is 16.3 Å². The number of carbonyl (C=O) groups is 2. The first-order valence-corrected chi connectivity index (χ1v) is 8.67.